The van der Waals surface area contributed by atoms with Crippen LogP contribution in [0, 0.1) is 0 Å². The first-order valence-electron chi connectivity index (χ1n) is 9.45. The van der Waals surface area contributed by atoms with Crippen molar-refractivity contribution in [2.75, 3.05) is 32.7 Å². The van der Waals surface area contributed by atoms with Gasteiger partial charge in [-0.25, -0.2) is 4.98 Å². The summed E-state index contributed by atoms with van der Waals surface area (Å²) in [7, 11) is 0. The van der Waals surface area contributed by atoms with Gasteiger partial charge in [0.15, 0.2) is 0 Å². The molecule has 0 radical (unpaired) electrons. The van der Waals surface area contributed by atoms with Gasteiger partial charge in [0.1, 0.15) is 0 Å². The smallest absolute Gasteiger partial charge is 0.254 e. The Labute approximate surface area is 167 Å². The van der Waals surface area contributed by atoms with Crippen LogP contribution >= 0.6 is 0 Å². The van der Waals surface area contributed by atoms with Crippen molar-refractivity contribution in [2.24, 2.45) is 0 Å². The lowest BCUT2D eigenvalue weighted by molar-refractivity contribution is -0.131. The third kappa shape index (κ3) is 4.11. The van der Waals surface area contributed by atoms with Crippen LogP contribution in [0.3, 0.4) is 0 Å². The Morgan fingerprint density at radius 2 is 1.66 bits per heavy atom. The molecule has 1 aliphatic rings. The highest BCUT2D eigenvalue weighted by Gasteiger charge is 2.25. The molecule has 0 spiro atoms. The van der Waals surface area contributed by atoms with Crippen molar-refractivity contribution in [3.8, 4) is 0 Å². The molecule has 1 aromatic heterocycles. The van der Waals surface area contributed by atoms with Crippen molar-refractivity contribution in [2.45, 2.75) is 0 Å². The summed E-state index contributed by atoms with van der Waals surface area (Å²) in [5.74, 6) is -0.492. The van der Waals surface area contributed by atoms with Crippen LogP contribution in [0.25, 0.3) is 11.0 Å². The molecule has 0 bridgehead atoms. The highest BCUT2D eigenvalue weighted by atomic mass is 16.2. The van der Waals surface area contributed by atoms with E-state index in [0.717, 1.165) is 11.0 Å². The molecule has 0 unspecified atom stereocenters. The number of hydrogen-bond acceptors (Lipinski definition) is 4. The van der Waals surface area contributed by atoms with Gasteiger partial charge >= 0.3 is 0 Å². The normalized spacial score (nSPS) is 14.1. The predicted octanol–water partition coefficient (Wildman–Crippen LogP) is 1.28. The zero-order valence-corrected chi connectivity index (χ0v) is 15.8. The summed E-state index contributed by atoms with van der Waals surface area (Å²) >= 11 is 0. The van der Waals surface area contributed by atoms with Gasteiger partial charge in [0.25, 0.3) is 11.8 Å². The van der Waals surface area contributed by atoms with Gasteiger partial charge in [-0.05, 0) is 30.3 Å². The van der Waals surface area contributed by atoms with Crippen molar-refractivity contribution in [3.05, 3.63) is 66.0 Å². The number of nitrogens with one attached hydrogen (secondary N) is 2. The van der Waals surface area contributed by atoms with Gasteiger partial charge in [0, 0.05) is 37.3 Å². The van der Waals surface area contributed by atoms with Crippen LogP contribution in [-0.2, 0) is 4.79 Å². The van der Waals surface area contributed by atoms with Gasteiger partial charge in [-0.3, -0.25) is 14.4 Å². The third-order valence-corrected chi connectivity index (χ3v) is 5.02. The molecule has 3 aromatic rings. The van der Waals surface area contributed by atoms with E-state index in [0.29, 0.717) is 37.3 Å². The van der Waals surface area contributed by atoms with Gasteiger partial charge in [0.05, 0.1) is 23.9 Å². The number of rotatable bonds is 4. The summed E-state index contributed by atoms with van der Waals surface area (Å²) in [4.78, 5) is 47.8. The molecule has 2 heterocycles. The van der Waals surface area contributed by atoms with Crippen molar-refractivity contribution >= 4 is 28.8 Å². The second-order valence-corrected chi connectivity index (χ2v) is 6.86. The molecule has 1 fully saturated rings. The molecule has 8 nitrogen and oxygen atoms in total. The summed E-state index contributed by atoms with van der Waals surface area (Å²) in [5.41, 5.74) is 2.75. The van der Waals surface area contributed by atoms with E-state index in [9.17, 15) is 14.4 Å². The van der Waals surface area contributed by atoms with Crippen molar-refractivity contribution in [1.29, 1.82) is 0 Å². The Morgan fingerprint density at radius 1 is 0.931 bits per heavy atom. The second kappa shape index (κ2) is 8.14. The fourth-order valence-electron chi connectivity index (χ4n) is 3.37. The Morgan fingerprint density at radius 3 is 2.41 bits per heavy atom. The molecule has 2 aromatic carbocycles. The Hall–Kier alpha value is -3.68. The topological polar surface area (TPSA) is 98.4 Å². The molecule has 0 aliphatic carbocycles. The third-order valence-electron chi connectivity index (χ3n) is 5.02. The minimum absolute atomic E-state index is 0.0574. The van der Waals surface area contributed by atoms with E-state index >= 15 is 0 Å². The number of carbonyl (C=O) groups excluding carboxylic acids is 3. The average molecular weight is 391 g/mol. The number of aromatic amines is 1. The fourth-order valence-corrected chi connectivity index (χ4v) is 3.37. The maximum absolute atomic E-state index is 12.7. The summed E-state index contributed by atoms with van der Waals surface area (Å²) < 4.78 is 0. The first-order valence-corrected chi connectivity index (χ1v) is 9.45. The van der Waals surface area contributed by atoms with Gasteiger partial charge < -0.3 is 20.1 Å². The number of imidazole rings is 1. The molecule has 148 valence electrons. The van der Waals surface area contributed by atoms with Crippen LogP contribution < -0.4 is 5.32 Å². The monoisotopic (exact) mass is 391 g/mol. The SMILES string of the molecule is O=C(NCC(=O)N1CCN(C(=O)c2ccc3nc[nH]c3c2)CC1)c1ccccc1. The second-order valence-electron chi connectivity index (χ2n) is 6.86. The number of carbonyl (C=O) groups is 3. The van der Waals surface area contributed by atoms with Gasteiger partial charge in [0.2, 0.25) is 5.91 Å². The van der Waals surface area contributed by atoms with Crippen molar-refractivity contribution in [3.63, 3.8) is 0 Å². The summed E-state index contributed by atoms with van der Waals surface area (Å²) in [6.07, 6.45) is 1.60. The molecule has 4 rings (SSSR count). The number of amides is 3. The van der Waals surface area contributed by atoms with Crippen molar-refractivity contribution in [1.82, 2.24) is 25.1 Å². The zero-order chi connectivity index (χ0) is 20.2. The lowest BCUT2D eigenvalue weighted by Crippen LogP contribution is -2.52. The average Bonchev–Trinajstić information content (AvgIpc) is 3.25. The summed E-state index contributed by atoms with van der Waals surface area (Å²) in [5, 5.41) is 2.65. The van der Waals surface area contributed by atoms with Crippen LogP contribution in [0.1, 0.15) is 20.7 Å². The van der Waals surface area contributed by atoms with Crippen LogP contribution in [0.5, 0.6) is 0 Å². The number of aromatic nitrogens is 2. The lowest BCUT2D eigenvalue weighted by Gasteiger charge is -2.34. The number of fused-ring (bicyclic) bond motifs is 1. The van der Waals surface area contributed by atoms with Crippen molar-refractivity contribution < 1.29 is 14.4 Å². The molecule has 0 atom stereocenters. The summed E-state index contributed by atoms with van der Waals surface area (Å²) in [6, 6.07) is 14.2. The Balaban J connectivity index is 1.28. The predicted molar refractivity (Wildman–Crippen MR) is 107 cm³/mol. The van der Waals surface area contributed by atoms with E-state index in [-0.39, 0.29) is 24.3 Å². The molecule has 1 aliphatic heterocycles. The summed E-state index contributed by atoms with van der Waals surface area (Å²) in [6.45, 7) is 1.74. The highest BCUT2D eigenvalue weighted by Crippen LogP contribution is 2.15. The minimum atomic E-state index is -0.276. The lowest BCUT2D eigenvalue weighted by atomic mass is 10.1. The maximum Gasteiger partial charge on any atom is 0.254 e. The first kappa shape index (κ1) is 18.7. The van der Waals surface area contributed by atoms with Gasteiger partial charge in [-0.2, -0.15) is 0 Å². The molecule has 8 heteroatoms. The van der Waals surface area contributed by atoms with Crippen LogP contribution in [0.4, 0.5) is 0 Å². The molecular weight excluding hydrogens is 370 g/mol. The first-order chi connectivity index (χ1) is 14.1. The van der Waals surface area contributed by atoms with Gasteiger partial charge in [-0.1, -0.05) is 18.2 Å². The van der Waals surface area contributed by atoms with E-state index in [1.165, 1.54) is 0 Å². The molecule has 0 saturated carbocycles. The van der Waals surface area contributed by atoms with E-state index < -0.39 is 0 Å². The molecule has 3 amide bonds. The van der Waals surface area contributed by atoms with Gasteiger partial charge in [-0.15, -0.1) is 0 Å². The molecule has 1 saturated heterocycles. The highest BCUT2D eigenvalue weighted by molar-refractivity contribution is 5.98. The van der Waals surface area contributed by atoms with Crippen LogP contribution in [-0.4, -0.2) is 70.2 Å². The van der Waals surface area contributed by atoms with E-state index in [1.807, 2.05) is 12.1 Å². The number of H-pyrrole nitrogens is 1. The fraction of sp³-hybridized carbons (Fsp3) is 0.238. The Kier molecular flexibility index (Phi) is 5.24. The van der Waals surface area contributed by atoms with E-state index in [1.54, 1.807) is 52.5 Å². The van der Waals surface area contributed by atoms with E-state index in [4.69, 9.17) is 0 Å². The molecule has 29 heavy (non-hydrogen) atoms. The number of piperazine rings is 1. The number of nitrogens with zero attached hydrogens (tertiary/aromatic N) is 3. The maximum atomic E-state index is 12.7. The van der Waals surface area contributed by atoms with E-state index in [2.05, 4.69) is 15.3 Å². The van der Waals surface area contributed by atoms with Crippen LogP contribution in [0.2, 0.25) is 0 Å². The quantitative estimate of drug-likeness (QED) is 0.700. The number of benzene rings is 2. The van der Waals surface area contributed by atoms with Crippen LogP contribution in [0.15, 0.2) is 54.9 Å². The zero-order valence-electron chi connectivity index (χ0n) is 15.8. The Bertz CT molecular complexity index is 1040. The number of hydrogen-bond donors (Lipinski definition) is 2. The minimum Gasteiger partial charge on any atom is -0.345 e. The molecular formula is C21H21N5O3. The molecule has 2 N–H and O–H groups in total. The standard InChI is InChI=1S/C21H21N5O3/c27-19(13-22-20(28)15-4-2-1-3-5-15)25-8-10-26(11-9-25)21(29)16-6-7-17-18(12-16)24-14-23-17/h1-7,12,14H,8-11,13H2,(H,22,28)(H,23,24). The largest absolute Gasteiger partial charge is 0.345 e.